The number of benzene rings is 2. The van der Waals surface area contributed by atoms with Gasteiger partial charge in [-0.25, -0.2) is 4.98 Å². The molecule has 3 rings (SSSR count). The lowest BCUT2D eigenvalue weighted by molar-refractivity contribution is 0.528. The summed E-state index contributed by atoms with van der Waals surface area (Å²) in [5.74, 6) is 0.785. The SMILES string of the molecule is NCc1ccc2oc(CCc3ccccc3)nc2c1. The van der Waals surface area contributed by atoms with Gasteiger partial charge in [-0.1, -0.05) is 36.4 Å². The molecule has 96 valence electrons. The Morgan fingerprint density at radius 2 is 1.79 bits per heavy atom. The number of hydrogen-bond acceptors (Lipinski definition) is 3. The number of nitrogens with zero attached hydrogens (tertiary/aromatic N) is 1. The van der Waals surface area contributed by atoms with E-state index >= 15 is 0 Å². The molecule has 0 atom stereocenters. The number of hydrogen-bond donors (Lipinski definition) is 1. The maximum Gasteiger partial charge on any atom is 0.195 e. The normalized spacial score (nSPS) is 11.0. The molecule has 0 radical (unpaired) electrons. The van der Waals surface area contributed by atoms with Gasteiger partial charge in [-0.05, 0) is 29.7 Å². The molecule has 2 N–H and O–H groups in total. The van der Waals surface area contributed by atoms with Crippen LogP contribution in [-0.4, -0.2) is 4.98 Å². The molecule has 0 bridgehead atoms. The van der Waals surface area contributed by atoms with Crippen molar-refractivity contribution >= 4 is 11.1 Å². The van der Waals surface area contributed by atoms with Gasteiger partial charge in [0.2, 0.25) is 0 Å². The number of oxazole rings is 1. The first-order chi connectivity index (χ1) is 9.35. The second-order valence-corrected chi connectivity index (χ2v) is 4.60. The molecule has 0 unspecified atom stereocenters. The molecule has 3 nitrogen and oxygen atoms in total. The monoisotopic (exact) mass is 252 g/mol. The Morgan fingerprint density at radius 1 is 0.947 bits per heavy atom. The first-order valence-electron chi connectivity index (χ1n) is 6.47. The van der Waals surface area contributed by atoms with Crippen LogP contribution in [0.15, 0.2) is 52.9 Å². The molecule has 3 aromatic rings. The summed E-state index contributed by atoms with van der Waals surface area (Å²) in [6, 6.07) is 16.3. The van der Waals surface area contributed by atoms with E-state index in [1.807, 2.05) is 24.3 Å². The number of aryl methyl sites for hydroxylation is 2. The van der Waals surface area contributed by atoms with Gasteiger partial charge in [0.1, 0.15) is 5.52 Å². The molecule has 0 aliphatic rings. The zero-order valence-corrected chi connectivity index (χ0v) is 10.7. The predicted octanol–water partition coefficient (Wildman–Crippen LogP) is 3.07. The highest BCUT2D eigenvalue weighted by atomic mass is 16.3. The van der Waals surface area contributed by atoms with E-state index in [4.69, 9.17) is 10.2 Å². The van der Waals surface area contributed by atoms with E-state index in [2.05, 4.69) is 29.2 Å². The maximum atomic E-state index is 5.74. The number of aromatic nitrogens is 1. The molecule has 0 spiro atoms. The molecule has 3 heteroatoms. The van der Waals surface area contributed by atoms with Crippen LogP contribution in [0.25, 0.3) is 11.1 Å². The average molecular weight is 252 g/mol. The van der Waals surface area contributed by atoms with Gasteiger partial charge in [0.05, 0.1) is 0 Å². The summed E-state index contributed by atoms with van der Waals surface area (Å²) in [5.41, 5.74) is 9.73. The van der Waals surface area contributed by atoms with Crippen LogP contribution >= 0.6 is 0 Å². The molecular weight excluding hydrogens is 236 g/mol. The summed E-state index contributed by atoms with van der Waals surface area (Å²) in [6.07, 6.45) is 1.76. The van der Waals surface area contributed by atoms with Crippen LogP contribution in [0.1, 0.15) is 17.0 Å². The third-order valence-electron chi connectivity index (χ3n) is 3.20. The highest BCUT2D eigenvalue weighted by Crippen LogP contribution is 2.18. The van der Waals surface area contributed by atoms with E-state index in [0.29, 0.717) is 6.54 Å². The Hall–Kier alpha value is -2.13. The van der Waals surface area contributed by atoms with Crippen LogP contribution in [0.4, 0.5) is 0 Å². The topological polar surface area (TPSA) is 52.0 Å². The van der Waals surface area contributed by atoms with Crippen LogP contribution in [0.3, 0.4) is 0 Å². The van der Waals surface area contributed by atoms with Gasteiger partial charge in [-0.3, -0.25) is 0 Å². The molecule has 1 aromatic heterocycles. The van der Waals surface area contributed by atoms with Crippen molar-refractivity contribution in [3.8, 4) is 0 Å². The minimum Gasteiger partial charge on any atom is -0.441 e. The summed E-state index contributed by atoms with van der Waals surface area (Å²) >= 11 is 0. The number of rotatable bonds is 4. The fourth-order valence-corrected chi connectivity index (χ4v) is 2.15. The molecule has 0 saturated heterocycles. The Labute approximate surface area is 112 Å². The summed E-state index contributed by atoms with van der Waals surface area (Å²) in [5, 5.41) is 0. The molecule has 0 fully saturated rings. The predicted molar refractivity (Wildman–Crippen MR) is 75.8 cm³/mol. The second-order valence-electron chi connectivity index (χ2n) is 4.60. The van der Waals surface area contributed by atoms with Gasteiger partial charge in [0.25, 0.3) is 0 Å². The molecule has 2 aromatic carbocycles. The summed E-state index contributed by atoms with van der Waals surface area (Å²) in [6.45, 7) is 0.530. The highest BCUT2D eigenvalue weighted by Gasteiger charge is 2.06. The standard InChI is InChI=1S/C16H16N2O/c17-11-13-6-8-15-14(10-13)18-16(19-15)9-7-12-4-2-1-3-5-12/h1-6,8,10H,7,9,11,17H2. The van der Waals surface area contributed by atoms with Crippen molar-refractivity contribution in [1.29, 1.82) is 0 Å². The van der Waals surface area contributed by atoms with E-state index in [0.717, 1.165) is 35.4 Å². The van der Waals surface area contributed by atoms with Crippen molar-refractivity contribution in [2.75, 3.05) is 0 Å². The molecule has 0 aliphatic carbocycles. The third kappa shape index (κ3) is 2.66. The van der Waals surface area contributed by atoms with Crippen molar-refractivity contribution in [3.63, 3.8) is 0 Å². The summed E-state index contributed by atoms with van der Waals surface area (Å²) in [7, 11) is 0. The molecule has 0 aliphatic heterocycles. The Bertz CT molecular complexity index is 674. The smallest absolute Gasteiger partial charge is 0.195 e. The zero-order valence-electron chi connectivity index (χ0n) is 10.7. The largest absolute Gasteiger partial charge is 0.441 e. The molecule has 0 saturated carbocycles. The van der Waals surface area contributed by atoms with E-state index in [1.165, 1.54) is 5.56 Å². The van der Waals surface area contributed by atoms with Crippen LogP contribution < -0.4 is 5.73 Å². The quantitative estimate of drug-likeness (QED) is 0.776. The van der Waals surface area contributed by atoms with E-state index < -0.39 is 0 Å². The van der Waals surface area contributed by atoms with Crippen molar-refractivity contribution in [1.82, 2.24) is 4.98 Å². The Balaban J connectivity index is 1.78. The highest BCUT2D eigenvalue weighted by molar-refractivity contribution is 5.73. The molecule has 0 amide bonds. The first-order valence-corrected chi connectivity index (χ1v) is 6.47. The minimum absolute atomic E-state index is 0.530. The van der Waals surface area contributed by atoms with E-state index in [-0.39, 0.29) is 0 Å². The number of fused-ring (bicyclic) bond motifs is 1. The van der Waals surface area contributed by atoms with Crippen molar-refractivity contribution in [2.45, 2.75) is 19.4 Å². The van der Waals surface area contributed by atoms with Gasteiger partial charge in [-0.2, -0.15) is 0 Å². The molecule has 19 heavy (non-hydrogen) atoms. The lowest BCUT2D eigenvalue weighted by atomic mass is 10.1. The van der Waals surface area contributed by atoms with Gasteiger partial charge in [-0.15, -0.1) is 0 Å². The third-order valence-corrected chi connectivity index (χ3v) is 3.20. The zero-order chi connectivity index (χ0) is 13.1. The lowest BCUT2D eigenvalue weighted by Gasteiger charge is -1.96. The lowest BCUT2D eigenvalue weighted by Crippen LogP contribution is -1.95. The fourth-order valence-electron chi connectivity index (χ4n) is 2.15. The summed E-state index contributed by atoms with van der Waals surface area (Å²) in [4.78, 5) is 4.51. The van der Waals surface area contributed by atoms with Crippen LogP contribution in [-0.2, 0) is 19.4 Å². The molecular formula is C16H16N2O. The average Bonchev–Trinajstić information content (AvgIpc) is 2.88. The fraction of sp³-hybridized carbons (Fsp3) is 0.188. The Kier molecular flexibility index (Phi) is 3.29. The van der Waals surface area contributed by atoms with E-state index in [9.17, 15) is 0 Å². The van der Waals surface area contributed by atoms with Crippen LogP contribution in [0, 0.1) is 0 Å². The summed E-state index contributed by atoms with van der Waals surface area (Å²) < 4.78 is 5.74. The second kappa shape index (κ2) is 5.24. The van der Waals surface area contributed by atoms with Gasteiger partial charge >= 0.3 is 0 Å². The van der Waals surface area contributed by atoms with Gasteiger partial charge in [0, 0.05) is 13.0 Å². The van der Waals surface area contributed by atoms with E-state index in [1.54, 1.807) is 0 Å². The van der Waals surface area contributed by atoms with Crippen LogP contribution in [0.5, 0.6) is 0 Å². The van der Waals surface area contributed by atoms with Gasteiger partial charge in [0.15, 0.2) is 11.5 Å². The van der Waals surface area contributed by atoms with Crippen molar-refractivity contribution < 1.29 is 4.42 Å². The minimum atomic E-state index is 0.530. The first kappa shape index (κ1) is 11.9. The van der Waals surface area contributed by atoms with Crippen molar-refractivity contribution in [2.24, 2.45) is 5.73 Å². The Morgan fingerprint density at radius 3 is 2.58 bits per heavy atom. The van der Waals surface area contributed by atoms with Crippen LogP contribution in [0.2, 0.25) is 0 Å². The number of nitrogens with two attached hydrogens (primary N) is 1. The maximum absolute atomic E-state index is 5.74. The van der Waals surface area contributed by atoms with Crippen molar-refractivity contribution in [3.05, 3.63) is 65.5 Å². The van der Waals surface area contributed by atoms with Gasteiger partial charge < -0.3 is 10.2 Å². The molecule has 1 heterocycles.